The first kappa shape index (κ1) is 25.7. The van der Waals surface area contributed by atoms with E-state index in [1.807, 2.05) is 13.8 Å². The zero-order valence-electron chi connectivity index (χ0n) is 18.7. The molecule has 1 unspecified atom stereocenters. The molecule has 0 N–H and O–H groups in total. The van der Waals surface area contributed by atoms with Gasteiger partial charge in [0.15, 0.2) is 4.77 Å². The Labute approximate surface area is 185 Å². The molecule has 0 aromatic carbocycles. The summed E-state index contributed by atoms with van der Waals surface area (Å²) in [5, 5.41) is 0. The molecule has 1 atom stereocenters. The average Bonchev–Trinajstić information content (AvgIpc) is 2.63. The van der Waals surface area contributed by atoms with Crippen molar-refractivity contribution in [1.82, 2.24) is 9.13 Å². The van der Waals surface area contributed by atoms with Crippen LogP contribution in [0.3, 0.4) is 0 Å². The van der Waals surface area contributed by atoms with Gasteiger partial charge in [-0.15, -0.1) is 0 Å². The highest BCUT2D eigenvalue weighted by molar-refractivity contribution is 7.72. The molecule has 1 aromatic heterocycles. The van der Waals surface area contributed by atoms with Crippen LogP contribution in [-0.2, 0) is 16.1 Å². The molecule has 1 aromatic rings. The van der Waals surface area contributed by atoms with Gasteiger partial charge in [-0.3, -0.25) is 14.2 Å². The van der Waals surface area contributed by atoms with E-state index in [1.54, 1.807) is 16.8 Å². The molecule has 164 valence electrons. The van der Waals surface area contributed by atoms with Crippen LogP contribution in [0.25, 0.3) is 0 Å². The molecule has 0 bridgehead atoms. The number of carbonyl (C=O) groups excluding carboxylic acids is 2. The fourth-order valence-corrected chi connectivity index (χ4v) is 4.13. The van der Waals surface area contributed by atoms with Crippen molar-refractivity contribution < 1.29 is 14.3 Å². The van der Waals surface area contributed by atoms with Crippen LogP contribution in [0.5, 0.6) is 0 Å². The largest absolute Gasteiger partial charge is 0.465 e. The number of unbranched alkanes of at least 4 members (excludes halogenated alkanes) is 2. The van der Waals surface area contributed by atoms with Gasteiger partial charge in [-0.2, -0.15) is 0 Å². The highest BCUT2D eigenvalue weighted by Crippen LogP contribution is 2.35. The maximum atomic E-state index is 12.6. The predicted molar refractivity (Wildman–Crippen MR) is 122 cm³/mol. The minimum Gasteiger partial charge on any atom is -0.465 e. The highest BCUT2D eigenvalue weighted by Gasteiger charge is 2.38. The molecule has 0 saturated carbocycles. The maximum absolute atomic E-state index is 12.6. The van der Waals surface area contributed by atoms with E-state index in [2.05, 4.69) is 27.7 Å². The van der Waals surface area contributed by atoms with Crippen LogP contribution in [0.4, 0.5) is 0 Å². The van der Waals surface area contributed by atoms with E-state index in [4.69, 9.17) is 29.2 Å². The number of aromatic nitrogens is 2. The third-order valence-electron chi connectivity index (χ3n) is 5.50. The molecule has 5 nitrogen and oxygen atoms in total. The van der Waals surface area contributed by atoms with Crippen molar-refractivity contribution in [3.8, 4) is 0 Å². The number of esters is 1. The SMILES string of the molecule is CCn1c(=S)ccn(C(=O)CCCCCOC(=O)C(C)(CC(C)C)C(C)C)c1=S. The molecular formula is C22H36N2O3S2. The van der Waals surface area contributed by atoms with Crippen molar-refractivity contribution in [2.75, 3.05) is 6.61 Å². The minimum absolute atomic E-state index is 0.0338. The van der Waals surface area contributed by atoms with Crippen LogP contribution < -0.4 is 0 Å². The summed E-state index contributed by atoms with van der Waals surface area (Å²) in [5.74, 6) is 0.520. The standard InChI is InChI=1S/C22H36N2O3S2/c1-7-23-19(28)12-13-24(21(23)29)18(25)11-9-8-10-14-27-20(26)22(6,17(4)5)15-16(2)3/h12-13,16-17H,7-11,14-15H2,1-6H3. The summed E-state index contributed by atoms with van der Waals surface area (Å²) >= 11 is 10.6. The molecule has 0 aliphatic carbocycles. The van der Waals surface area contributed by atoms with Gasteiger partial charge in [0.05, 0.1) is 12.0 Å². The van der Waals surface area contributed by atoms with E-state index in [9.17, 15) is 9.59 Å². The fraction of sp³-hybridized carbons (Fsp3) is 0.727. The lowest BCUT2D eigenvalue weighted by Gasteiger charge is -2.32. The monoisotopic (exact) mass is 440 g/mol. The van der Waals surface area contributed by atoms with E-state index < -0.39 is 5.41 Å². The Bertz CT molecular complexity index is 811. The van der Waals surface area contributed by atoms with Gasteiger partial charge >= 0.3 is 5.97 Å². The predicted octanol–water partition coefficient (Wildman–Crippen LogP) is 6.22. The Hall–Kier alpha value is -1.34. The second-order valence-electron chi connectivity index (χ2n) is 8.56. The van der Waals surface area contributed by atoms with Crippen molar-refractivity contribution in [2.24, 2.45) is 17.3 Å². The summed E-state index contributed by atoms with van der Waals surface area (Å²) in [6.45, 7) is 13.4. The first-order chi connectivity index (χ1) is 13.5. The van der Waals surface area contributed by atoms with Gasteiger partial charge in [0.2, 0.25) is 5.91 Å². The summed E-state index contributed by atoms with van der Waals surface area (Å²) in [6.07, 6.45) is 5.18. The number of nitrogens with zero attached hydrogens (tertiary/aromatic N) is 2. The third kappa shape index (κ3) is 7.14. The summed E-state index contributed by atoms with van der Waals surface area (Å²) in [4.78, 5) is 25.0. The molecule has 0 spiro atoms. The molecule has 0 aliphatic rings. The smallest absolute Gasteiger partial charge is 0.312 e. The first-order valence-corrected chi connectivity index (χ1v) is 11.4. The fourth-order valence-electron chi connectivity index (χ4n) is 3.41. The molecule has 0 fully saturated rings. The van der Waals surface area contributed by atoms with Gasteiger partial charge in [0.25, 0.3) is 0 Å². The topological polar surface area (TPSA) is 53.2 Å². The van der Waals surface area contributed by atoms with Crippen molar-refractivity contribution in [3.63, 3.8) is 0 Å². The normalized spacial score (nSPS) is 13.5. The highest BCUT2D eigenvalue weighted by atomic mass is 32.1. The molecule has 0 saturated heterocycles. The van der Waals surface area contributed by atoms with E-state index in [0.29, 0.717) is 34.9 Å². The van der Waals surface area contributed by atoms with Crippen LogP contribution in [0, 0.1) is 26.7 Å². The van der Waals surface area contributed by atoms with E-state index in [-0.39, 0.29) is 17.8 Å². The summed E-state index contributed by atoms with van der Waals surface area (Å²) in [6, 6.07) is 1.73. The molecular weight excluding hydrogens is 404 g/mol. The van der Waals surface area contributed by atoms with Gasteiger partial charge in [-0.25, -0.2) is 0 Å². The van der Waals surface area contributed by atoms with Gasteiger partial charge in [0.1, 0.15) is 4.64 Å². The quantitative estimate of drug-likeness (QED) is 0.232. The van der Waals surface area contributed by atoms with Crippen molar-refractivity contribution in [2.45, 2.75) is 80.2 Å². The zero-order chi connectivity index (χ0) is 22.2. The maximum Gasteiger partial charge on any atom is 0.312 e. The molecule has 7 heteroatoms. The van der Waals surface area contributed by atoms with Crippen LogP contribution in [-0.4, -0.2) is 27.6 Å². The summed E-state index contributed by atoms with van der Waals surface area (Å²) < 4.78 is 9.90. The van der Waals surface area contributed by atoms with Crippen LogP contribution in [0.2, 0.25) is 0 Å². The number of carbonyl (C=O) groups is 2. The molecule has 0 radical (unpaired) electrons. The summed E-state index contributed by atoms with van der Waals surface area (Å²) in [5.41, 5.74) is -0.452. The van der Waals surface area contributed by atoms with Gasteiger partial charge in [-0.1, -0.05) is 39.9 Å². The Morgan fingerprint density at radius 3 is 2.34 bits per heavy atom. The lowest BCUT2D eigenvalue weighted by molar-refractivity contribution is -0.159. The van der Waals surface area contributed by atoms with Crippen LogP contribution in [0.1, 0.15) is 78.4 Å². The van der Waals surface area contributed by atoms with E-state index >= 15 is 0 Å². The number of hydrogen-bond acceptors (Lipinski definition) is 5. The zero-order valence-corrected chi connectivity index (χ0v) is 20.3. The van der Waals surface area contributed by atoms with E-state index in [1.165, 1.54) is 4.57 Å². The Balaban J connectivity index is 2.46. The molecule has 0 amide bonds. The van der Waals surface area contributed by atoms with Gasteiger partial charge in [0, 0.05) is 19.2 Å². The Kier molecular flexibility index (Phi) is 10.4. The lowest BCUT2D eigenvalue weighted by Crippen LogP contribution is -2.36. The molecule has 1 rings (SSSR count). The number of hydrogen-bond donors (Lipinski definition) is 0. The second kappa shape index (κ2) is 11.7. The molecule has 1 heterocycles. The Morgan fingerprint density at radius 2 is 1.79 bits per heavy atom. The van der Waals surface area contributed by atoms with Crippen molar-refractivity contribution >= 4 is 36.3 Å². The summed E-state index contributed by atoms with van der Waals surface area (Å²) in [7, 11) is 0. The molecule has 29 heavy (non-hydrogen) atoms. The lowest BCUT2D eigenvalue weighted by atomic mass is 9.73. The van der Waals surface area contributed by atoms with Gasteiger partial charge < -0.3 is 9.30 Å². The third-order valence-corrected chi connectivity index (χ3v) is 6.27. The Morgan fingerprint density at radius 1 is 1.14 bits per heavy atom. The number of rotatable bonds is 11. The van der Waals surface area contributed by atoms with E-state index in [0.717, 1.165) is 25.7 Å². The van der Waals surface area contributed by atoms with Crippen molar-refractivity contribution in [3.05, 3.63) is 21.7 Å². The second-order valence-corrected chi connectivity index (χ2v) is 9.34. The van der Waals surface area contributed by atoms with Crippen LogP contribution >= 0.6 is 24.4 Å². The van der Waals surface area contributed by atoms with Crippen molar-refractivity contribution in [1.29, 1.82) is 0 Å². The van der Waals surface area contributed by atoms with Crippen LogP contribution in [0.15, 0.2) is 12.3 Å². The number of ether oxygens (including phenoxy) is 1. The van der Waals surface area contributed by atoms with Gasteiger partial charge in [-0.05, 0) is 69.7 Å². The minimum atomic E-state index is -0.452. The molecule has 0 aliphatic heterocycles. The first-order valence-electron chi connectivity index (χ1n) is 10.6. The average molecular weight is 441 g/mol.